The average Bonchev–Trinajstić information content (AvgIpc) is 3.20. The van der Waals surface area contributed by atoms with Gasteiger partial charge < -0.3 is 10.2 Å². The molecule has 9 heteroatoms. The standard InChI is InChI=1S/C21H23F2N3O3S/c1-2-24-30(28,29)17-8-5-15(6-9-17)7-10-20(27)25-16-13-18(22)21(19(23)14-16)26-11-3-4-12-26/h5-10,13-14,24H,2-4,11-12H2,1H3,(H,25,27)/b10-7+. The van der Waals surface area contributed by atoms with Crippen molar-refractivity contribution in [3.8, 4) is 0 Å². The van der Waals surface area contributed by atoms with Crippen LogP contribution in [-0.2, 0) is 14.8 Å². The topological polar surface area (TPSA) is 78.5 Å². The van der Waals surface area contributed by atoms with E-state index >= 15 is 0 Å². The summed E-state index contributed by atoms with van der Waals surface area (Å²) in [6, 6.07) is 8.16. The summed E-state index contributed by atoms with van der Waals surface area (Å²) in [4.78, 5) is 13.9. The predicted molar refractivity (Wildman–Crippen MR) is 113 cm³/mol. The second-order valence-corrected chi connectivity index (χ2v) is 8.64. The van der Waals surface area contributed by atoms with Crippen LogP contribution in [0.3, 0.4) is 0 Å². The molecule has 0 saturated carbocycles. The Hall–Kier alpha value is -2.78. The van der Waals surface area contributed by atoms with Crippen molar-refractivity contribution in [3.63, 3.8) is 0 Å². The Labute approximate surface area is 174 Å². The van der Waals surface area contributed by atoms with Crippen LogP contribution in [0, 0.1) is 11.6 Å². The molecule has 0 unspecified atom stereocenters. The smallest absolute Gasteiger partial charge is 0.248 e. The summed E-state index contributed by atoms with van der Waals surface area (Å²) in [5, 5.41) is 2.43. The molecule has 0 radical (unpaired) electrons. The van der Waals surface area contributed by atoms with Crippen molar-refractivity contribution in [1.82, 2.24) is 4.72 Å². The monoisotopic (exact) mass is 435 g/mol. The number of sulfonamides is 1. The fourth-order valence-electron chi connectivity index (χ4n) is 3.27. The summed E-state index contributed by atoms with van der Waals surface area (Å²) in [6.45, 7) is 3.18. The molecule has 0 aliphatic carbocycles. The van der Waals surface area contributed by atoms with Gasteiger partial charge in [0.05, 0.1) is 4.90 Å². The number of hydrogen-bond acceptors (Lipinski definition) is 4. The van der Waals surface area contributed by atoms with E-state index < -0.39 is 27.6 Å². The lowest BCUT2D eigenvalue weighted by molar-refractivity contribution is -0.111. The van der Waals surface area contributed by atoms with Gasteiger partial charge in [-0.15, -0.1) is 0 Å². The number of halogens is 2. The minimum Gasteiger partial charge on any atom is -0.367 e. The van der Waals surface area contributed by atoms with E-state index in [1.165, 1.54) is 24.3 Å². The molecule has 6 nitrogen and oxygen atoms in total. The van der Waals surface area contributed by atoms with Crippen molar-refractivity contribution >= 4 is 33.4 Å². The van der Waals surface area contributed by atoms with Gasteiger partial charge in [0.15, 0.2) is 11.6 Å². The molecule has 3 rings (SSSR count). The maximum Gasteiger partial charge on any atom is 0.248 e. The number of rotatable bonds is 7. The molecule has 2 N–H and O–H groups in total. The van der Waals surface area contributed by atoms with E-state index in [-0.39, 0.29) is 22.8 Å². The van der Waals surface area contributed by atoms with Gasteiger partial charge in [-0.3, -0.25) is 4.79 Å². The first-order valence-electron chi connectivity index (χ1n) is 9.63. The quantitative estimate of drug-likeness (QED) is 0.653. The molecule has 1 saturated heterocycles. The number of carbonyl (C=O) groups is 1. The van der Waals surface area contributed by atoms with E-state index in [2.05, 4.69) is 10.0 Å². The normalized spacial score (nSPS) is 14.4. The van der Waals surface area contributed by atoms with Gasteiger partial charge in [0, 0.05) is 31.4 Å². The van der Waals surface area contributed by atoms with Crippen LogP contribution in [0.2, 0.25) is 0 Å². The predicted octanol–water partition coefficient (Wildman–Crippen LogP) is 3.52. The molecule has 1 amide bonds. The highest BCUT2D eigenvalue weighted by molar-refractivity contribution is 7.89. The summed E-state index contributed by atoms with van der Waals surface area (Å²) in [6.07, 6.45) is 4.47. The summed E-state index contributed by atoms with van der Waals surface area (Å²) in [7, 11) is -3.54. The lowest BCUT2D eigenvalue weighted by atomic mass is 10.2. The van der Waals surface area contributed by atoms with Crippen LogP contribution >= 0.6 is 0 Å². The van der Waals surface area contributed by atoms with Gasteiger partial charge in [-0.25, -0.2) is 21.9 Å². The third-order valence-electron chi connectivity index (χ3n) is 4.66. The number of amides is 1. The molecule has 0 aromatic heterocycles. The van der Waals surface area contributed by atoms with E-state index in [0.29, 0.717) is 18.7 Å². The molecule has 1 aliphatic heterocycles. The molecule has 1 heterocycles. The second kappa shape index (κ2) is 9.36. The molecular formula is C21H23F2N3O3S. The van der Waals surface area contributed by atoms with Crippen LogP contribution in [-0.4, -0.2) is 34.0 Å². The Kier molecular flexibility index (Phi) is 6.84. The van der Waals surface area contributed by atoms with E-state index in [9.17, 15) is 22.0 Å². The van der Waals surface area contributed by atoms with Crippen LogP contribution in [0.5, 0.6) is 0 Å². The van der Waals surface area contributed by atoms with Crippen molar-refractivity contribution in [2.75, 3.05) is 29.9 Å². The Morgan fingerprint density at radius 1 is 1.10 bits per heavy atom. The summed E-state index contributed by atoms with van der Waals surface area (Å²) >= 11 is 0. The number of nitrogens with one attached hydrogen (secondary N) is 2. The number of benzene rings is 2. The van der Waals surface area contributed by atoms with Crippen LogP contribution in [0.15, 0.2) is 47.4 Å². The van der Waals surface area contributed by atoms with Crippen LogP contribution < -0.4 is 14.9 Å². The Bertz CT molecular complexity index is 1020. The zero-order valence-electron chi connectivity index (χ0n) is 16.5. The van der Waals surface area contributed by atoms with Crippen molar-refractivity contribution in [1.29, 1.82) is 0 Å². The molecule has 0 atom stereocenters. The highest BCUT2D eigenvalue weighted by Gasteiger charge is 2.21. The Balaban J connectivity index is 1.66. The van der Waals surface area contributed by atoms with Crippen molar-refractivity contribution < 1.29 is 22.0 Å². The maximum atomic E-state index is 14.3. The summed E-state index contributed by atoms with van der Waals surface area (Å²) in [5.74, 6) is -1.99. The molecule has 0 bridgehead atoms. The largest absolute Gasteiger partial charge is 0.367 e. The highest BCUT2D eigenvalue weighted by atomic mass is 32.2. The molecule has 1 aliphatic rings. The van der Waals surface area contributed by atoms with Gasteiger partial charge in [-0.1, -0.05) is 19.1 Å². The van der Waals surface area contributed by atoms with E-state index in [1.807, 2.05) is 0 Å². The first-order chi connectivity index (χ1) is 14.3. The SMILES string of the molecule is CCNS(=O)(=O)c1ccc(/C=C/C(=O)Nc2cc(F)c(N3CCCC3)c(F)c2)cc1. The average molecular weight is 435 g/mol. The third-order valence-corrected chi connectivity index (χ3v) is 6.22. The number of hydrogen-bond donors (Lipinski definition) is 2. The summed E-state index contributed by atoms with van der Waals surface area (Å²) in [5.41, 5.74) is 0.561. The van der Waals surface area contributed by atoms with Gasteiger partial charge in [0.2, 0.25) is 15.9 Å². The Morgan fingerprint density at radius 3 is 2.27 bits per heavy atom. The van der Waals surface area contributed by atoms with Crippen molar-refractivity contribution in [2.45, 2.75) is 24.7 Å². The highest BCUT2D eigenvalue weighted by Crippen LogP contribution is 2.29. The molecule has 160 valence electrons. The van der Waals surface area contributed by atoms with Gasteiger partial charge in [0.25, 0.3) is 0 Å². The molecule has 0 spiro atoms. The number of nitrogens with zero attached hydrogens (tertiary/aromatic N) is 1. The first kappa shape index (κ1) is 21.9. The van der Waals surface area contributed by atoms with Gasteiger partial charge >= 0.3 is 0 Å². The maximum absolute atomic E-state index is 14.3. The number of carbonyl (C=O) groups excluding carboxylic acids is 1. The van der Waals surface area contributed by atoms with Crippen LogP contribution in [0.25, 0.3) is 6.08 Å². The zero-order valence-corrected chi connectivity index (χ0v) is 17.3. The van der Waals surface area contributed by atoms with Gasteiger partial charge in [-0.2, -0.15) is 0 Å². The van der Waals surface area contributed by atoms with E-state index in [1.54, 1.807) is 24.0 Å². The van der Waals surface area contributed by atoms with Crippen molar-refractivity contribution in [2.24, 2.45) is 0 Å². The molecule has 2 aromatic rings. The molecule has 2 aromatic carbocycles. The van der Waals surface area contributed by atoms with Crippen molar-refractivity contribution in [3.05, 3.63) is 59.7 Å². The summed E-state index contributed by atoms with van der Waals surface area (Å²) < 4.78 is 54.9. The first-order valence-corrected chi connectivity index (χ1v) is 11.1. The minimum atomic E-state index is -3.54. The van der Waals surface area contributed by atoms with E-state index in [0.717, 1.165) is 25.0 Å². The van der Waals surface area contributed by atoms with Crippen LogP contribution in [0.1, 0.15) is 25.3 Å². The lowest BCUT2D eigenvalue weighted by Gasteiger charge is -2.19. The van der Waals surface area contributed by atoms with Gasteiger partial charge in [0.1, 0.15) is 5.69 Å². The zero-order chi connectivity index (χ0) is 21.7. The third kappa shape index (κ3) is 5.22. The second-order valence-electron chi connectivity index (χ2n) is 6.88. The van der Waals surface area contributed by atoms with Crippen LogP contribution in [0.4, 0.5) is 20.2 Å². The van der Waals surface area contributed by atoms with E-state index in [4.69, 9.17) is 0 Å². The molecular weight excluding hydrogens is 412 g/mol. The fraction of sp³-hybridized carbons (Fsp3) is 0.286. The number of anilines is 2. The lowest BCUT2D eigenvalue weighted by Crippen LogP contribution is -2.22. The molecule has 30 heavy (non-hydrogen) atoms. The minimum absolute atomic E-state index is 0.0229. The van der Waals surface area contributed by atoms with Gasteiger partial charge in [-0.05, 0) is 48.7 Å². The molecule has 1 fully saturated rings. The fourth-order valence-corrected chi connectivity index (χ4v) is 4.31. The Morgan fingerprint density at radius 2 is 1.70 bits per heavy atom.